The van der Waals surface area contributed by atoms with Crippen LogP contribution in [0, 0.1) is 0 Å². The van der Waals surface area contributed by atoms with Crippen LogP contribution in [0.15, 0.2) is 29.3 Å². The number of nitrogens with one attached hydrogen (secondary N) is 2. The number of methoxy groups -OCH3 is 1. The number of nitrogens with zero attached hydrogens (tertiary/aromatic N) is 1. The molecule has 1 aromatic rings. The Morgan fingerprint density at radius 3 is 2.94 bits per heavy atom. The van der Waals surface area contributed by atoms with E-state index in [0.717, 1.165) is 5.56 Å². The van der Waals surface area contributed by atoms with Gasteiger partial charge in [-0.05, 0) is 24.6 Å². The summed E-state index contributed by atoms with van der Waals surface area (Å²) >= 11 is 5.95. The van der Waals surface area contributed by atoms with E-state index in [1.54, 1.807) is 7.11 Å². The van der Waals surface area contributed by atoms with Crippen LogP contribution in [0.2, 0.25) is 5.02 Å². The number of nitrogens with two attached hydrogens (primary N) is 1. The summed E-state index contributed by atoms with van der Waals surface area (Å²) < 4.78 is 4.92. The number of benzene rings is 1. The normalized spacial score (nSPS) is 13.2. The van der Waals surface area contributed by atoms with Gasteiger partial charge in [-0.25, -0.2) is 10.8 Å². The Labute approximate surface area is 112 Å². The van der Waals surface area contributed by atoms with Gasteiger partial charge in [-0.3, -0.25) is 5.43 Å². The first-order chi connectivity index (χ1) is 8.67. The average Bonchev–Trinajstić information content (AvgIpc) is 2.37. The Bertz CT molecular complexity index is 397. The highest BCUT2D eigenvalue weighted by Crippen LogP contribution is 2.16. The van der Waals surface area contributed by atoms with Crippen LogP contribution >= 0.6 is 11.6 Å². The molecule has 0 aromatic heterocycles. The fourth-order valence-electron chi connectivity index (χ4n) is 1.45. The van der Waals surface area contributed by atoms with Gasteiger partial charge in [0.1, 0.15) is 0 Å². The third-order valence-electron chi connectivity index (χ3n) is 2.40. The lowest BCUT2D eigenvalue weighted by Gasteiger charge is -2.17. The van der Waals surface area contributed by atoms with Crippen LogP contribution in [-0.4, -0.2) is 26.2 Å². The molecule has 0 spiro atoms. The molecule has 0 amide bonds. The minimum Gasteiger partial charge on any atom is -0.383 e. The molecule has 6 heteroatoms. The first-order valence-electron chi connectivity index (χ1n) is 5.69. The molecule has 1 aromatic carbocycles. The van der Waals surface area contributed by atoms with Crippen molar-refractivity contribution in [1.29, 1.82) is 0 Å². The highest BCUT2D eigenvalue weighted by atomic mass is 35.5. The molecule has 0 aliphatic carbocycles. The molecule has 1 rings (SSSR count). The summed E-state index contributed by atoms with van der Waals surface area (Å²) in [7, 11) is 1.63. The highest BCUT2D eigenvalue weighted by Gasteiger charge is 2.07. The van der Waals surface area contributed by atoms with E-state index < -0.39 is 0 Å². The number of ether oxygens (including phenoxy) is 1. The minimum atomic E-state index is 0.0565. The van der Waals surface area contributed by atoms with Gasteiger partial charge in [0.2, 0.25) is 5.96 Å². The van der Waals surface area contributed by atoms with Crippen LogP contribution in [0.3, 0.4) is 0 Å². The second-order valence-electron chi connectivity index (χ2n) is 3.79. The zero-order valence-electron chi connectivity index (χ0n) is 10.6. The Hall–Kier alpha value is -1.30. The zero-order chi connectivity index (χ0) is 13.4. The average molecular weight is 271 g/mol. The molecule has 1 unspecified atom stereocenters. The maximum absolute atomic E-state index is 5.95. The third-order valence-corrected chi connectivity index (χ3v) is 2.64. The molecule has 0 aliphatic heterocycles. The molecule has 0 saturated heterocycles. The van der Waals surface area contributed by atoms with E-state index >= 15 is 0 Å². The van der Waals surface area contributed by atoms with E-state index in [1.165, 1.54) is 0 Å². The van der Waals surface area contributed by atoms with Crippen molar-refractivity contribution in [2.24, 2.45) is 10.8 Å². The minimum absolute atomic E-state index is 0.0565. The fraction of sp³-hybridized carbons (Fsp3) is 0.417. The van der Waals surface area contributed by atoms with Gasteiger partial charge in [-0.2, -0.15) is 0 Å². The first kappa shape index (κ1) is 14.8. The van der Waals surface area contributed by atoms with Crippen LogP contribution in [0.5, 0.6) is 0 Å². The summed E-state index contributed by atoms with van der Waals surface area (Å²) in [5.74, 6) is 5.93. The summed E-state index contributed by atoms with van der Waals surface area (Å²) in [5.41, 5.74) is 3.59. The van der Waals surface area contributed by atoms with Gasteiger partial charge in [0.15, 0.2) is 0 Å². The molecular weight excluding hydrogens is 252 g/mol. The Morgan fingerprint density at radius 1 is 1.56 bits per heavy atom. The highest BCUT2D eigenvalue weighted by molar-refractivity contribution is 6.30. The molecule has 1 atom stereocenters. The van der Waals surface area contributed by atoms with Crippen molar-refractivity contribution in [2.75, 3.05) is 20.3 Å². The molecule has 0 heterocycles. The number of hydrogen-bond acceptors (Lipinski definition) is 3. The zero-order valence-corrected chi connectivity index (χ0v) is 11.4. The van der Waals surface area contributed by atoms with Crippen molar-refractivity contribution in [3.05, 3.63) is 34.9 Å². The molecule has 5 nitrogen and oxygen atoms in total. The lowest BCUT2D eigenvalue weighted by atomic mass is 10.1. The summed E-state index contributed by atoms with van der Waals surface area (Å²) in [6.45, 7) is 3.11. The maximum Gasteiger partial charge on any atom is 0.206 e. The Balaban J connectivity index is 2.61. The van der Waals surface area contributed by atoms with Gasteiger partial charge in [0.05, 0.1) is 19.2 Å². The van der Waals surface area contributed by atoms with Crippen LogP contribution in [-0.2, 0) is 4.74 Å². The Morgan fingerprint density at radius 2 is 2.33 bits per heavy atom. The molecule has 100 valence electrons. The van der Waals surface area contributed by atoms with Crippen molar-refractivity contribution < 1.29 is 4.74 Å². The molecule has 0 fully saturated rings. The predicted molar refractivity (Wildman–Crippen MR) is 74.5 cm³/mol. The second kappa shape index (κ2) is 7.92. The van der Waals surface area contributed by atoms with Crippen molar-refractivity contribution >= 4 is 17.6 Å². The number of hydrogen-bond donors (Lipinski definition) is 3. The molecule has 0 aliphatic rings. The van der Waals surface area contributed by atoms with Crippen molar-refractivity contribution in [3.63, 3.8) is 0 Å². The van der Waals surface area contributed by atoms with Crippen molar-refractivity contribution in [2.45, 2.75) is 13.0 Å². The van der Waals surface area contributed by atoms with Gasteiger partial charge in [-0.15, -0.1) is 0 Å². The number of hydrazine groups is 1. The van der Waals surface area contributed by atoms with Crippen LogP contribution in [0.25, 0.3) is 0 Å². The van der Waals surface area contributed by atoms with E-state index in [0.29, 0.717) is 24.1 Å². The van der Waals surface area contributed by atoms with Crippen LogP contribution in [0.1, 0.15) is 18.5 Å². The quantitative estimate of drug-likeness (QED) is 0.249. The van der Waals surface area contributed by atoms with Gasteiger partial charge >= 0.3 is 0 Å². The SMILES string of the molecule is COCCN=C(NN)NC(C)c1cccc(Cl)c1. The Kier molecular flexibility index (Phi) is 6.49. The fourth-order valence-corrected chi connectivity index (χ4v) is 1.64. The van der Waals surface area contributed by atoms with Gasteiger partial charge in [0.25, 0.3) is 0 Å². The van der Waals surface area contributed by atoms with Gasteiger partial charge < -0.3 is 10.1 Å². The standard InChI is InChI=1S/C12H19ClN4O/c1-9(10-4-3-5-11(13)8-10)16-12(17-14)15-6-7-18-2/h3-5,8-9H,6-7,14H2,1-2H3,(H2,15,16,17). The number of rotatable bonds is 5. The summed E-state index contributed by atoms with van der Waals surface area (Å²) in [4.78, 5) is 4.23. The topological polar surface area (TPSA) is 71.7 Å². The number of guanidine groups is 1. The van der Waals surface area contributed by atoms with E-state index in [9.17, 15) is 0 Å². The van der Waals surface area contributed by atoms with E-state index in [2.05, 4.69) is 15.7 Å². The molecule has 18 heavy (non-hydrogen) atoms. The molecule has 0 radical (unpaired) electrons. The molecule has 0 bridgehead atoms. The summed E-state index contributed by atoms with van der Waals surface area (Å²) in [5, 5.41) is 3.88. The lowest BCUT2D eigenvalue weighted by molar-refractivity contribution is 0.208. The second-order valence-corrected chi connectivity index (χ2v) is 4.22. The van der Waals surface area contributed by atoms with Crippen molar-refractivity contribution in [1.82, 2.24) is 10.7 Å². The number of halogens is 1. The van der Waals surface area contributed by atoms with Crippen LogP contribution in [0.4, 0.5) is 0 Å². The van der Waals surface area contributed by atoms with Crippen LogP contribution < -0.4 is 16.6 Å². The van der Waals surface area contributed by atoms with E-state index in [1.807, 2.05) is 31.2 Å². The molecule has 0 saturated carbocycles. The predicted octanol–water partition coefficient (Wildman–Crippen LogP) is 1.46. The monoisotopic (exact) mass is 270 g/mol. The first-order valence-corrected chi connectivity index (χ1v) is 6.07. The largest absolute Gasteiger partial charge is 0.383 e. The van der Waals surface area contributed by atoms with Crippen molar-refractivity contribution in [3.8, 4) is 0 Å². The number of aliphatic imine (C=N–C) groups is 1. The molecule has 4 N–H and O–H groups in total. The van der Waals surface area contributed by atoms with E-state index in [-0.39, 0.29) is 6.04 Å². The van der Waals surface area contributed by atoms with Gasteiger partial charge in [-0.1, -0.05) is 23.7 Å². The lowest BCUT2D eigenvalue weighted by Crippen LogP contribution is -2.42. The summed E-state index contributed by atoms with van der Waals surface area (Å²) in [6, 6.07) is 7.70. The van der Waals surface area contributed by atoms with Gasteiger partial charge in [0, 0.05) is 12.1 Å². The smallest absolute Gasteiger partial charge is 0.206 e. The maximum atomic E-state index is 5.95. The molecular formula is C12H19ClN4O. The third kappa shape index (κ3) is 4.91. The van der Waals surface area contributed by atoms with E-state index in [4.69, 9.17) is 22.2 Å². The summed E-state index contributed by atoms with van der Waals surface area (Å²) in [6.07, 6.45) is 0.